The second-order valence-corrected chi connectivity index (χ2v) is 7.48. The molecule has 0 aliphatic heterocycles. The number of nitrogens with one attached hydrogen (secondary N) is 2. The highest BCUT2D eigenvalue weighted by atomic mass is 16.2. The molecule has 3 unspecified atom stereocenters. The van der Waals surface area contributed by atoms with Crippen LogP contribution in [0.3, 0.4) is 0 Å². The number of urea groups is 1. The van der Waals surface area contributed by atoms with E-state index in [1.807, 2.05) is 0 Å². The van der Waals surface area contributed by atoms with Gasteiger partial charge in [0.2, 0.25) is 5.91 Å². The maximum Gasteiger partial charge on any atom is 0.312 e. The van der Waals surface area contributed by atoms with Crippen LogP contribution in [0.4, 0.5) is 4.79 Å². The van der Waals surface area contributed by atoms with Gasteiger partial charge in [0, 0.05) is 19.0 Å². The number of nitrogens with two attached hydrogens (primary N) is 1. The van der Waals surface area contributed by atoms with Gasteiger partial charge in [-0.1, -0.05) is 20.8 Å². The summed E-state index contributed by atoms with van der Waals surface area (Å²) in [7, 11) is 0. The number of fused-ring (bicyclic) bond motifs is 2. The zero-order chi connectivity index (χ0) is 15.7. The normalized spacial score (nSPS) is 32.9. The van der Waals surface area contributed by atoms with Gasteiger partial charge in [-0.05, 0) is 48.9 Å². The summed E-state index contributed by atoms with van der Waals surface area (Å²) in [5.74, 6) is 0.885. The molecule has 2 aliphatic carbocycles. The van der Waals surface area contributed by atoms with Gasteiger partial charge in [-0.15, -0.1) is 0 Å². The van der Waals surface area contributed by atoms with E-state index in [9.17, 15) is 9.59 Å². The molecule has 4 N–H and O–H groups in total. The number of hydrogen-bond acceptors (Lipinski definition) is 2. The summed E-state index contributed by atoms with van der Waals surface area (Å²) in [6.07, 6.45) is 5.73. The van der Waals surface area contributed by atoms with Crippen LogP contribution < -0.4 is 16.4 Å². The molecular formula is C16H29N3O2. The molecule has 2 rings (SSSR count). The van der Waals surface area contributed by atoms with E-state index >= 15 is 0 Å². The lowest BCUT2D eigenvalue weighted by Gasteiger charge is -2.39. The van der Waals surface area contributed by atoms with E-state index in [4.69, 9.17) is 5.73 Å². The predicted molar refractivity (Wildman–Crippen MR) is 82.6 cm³/mol. The molecule has 0 aromatic carbocycles. The quantitative estimate of drug-likeness (QED) is 0.656. The van der Waals surface area contributed by atoms with Crippen molar-refractivity contribution >= 4 is 11.9 Å². The lowest BCUT2D eigenvalue weighted by molar-refractivity contribution is -0.123. The Bertz CT molecular complexity index is 422. The van der Waals surface area contributed by atoms with Crippen molar-refractivity contribution < 1.29 is 9.59 Å². The lowest BCUT2D eigenvalue weighted by atomic mass is 9.69. The average Bonchev–Trinajstić information content (AvgIpc) is 2.71. The van der Waals surface area contributed by atoms with Gasteiger partial charge >= 0.3 is 6.03 Å². The summed E-state index contributed by atoms with van der Waals surface area (Å²) in [5, 5.41) is 5.79. The van der Waals surface area contributed by atoms with E-state index in [1.54, 1.807) is 0 Å². The monoisotopic (exact) mass is 295 g/mol. The summed E-state index contributed by atoms with van der Waals surface area (Å²) >= 11 is 0. The van der Waals surface area contributed by atoms with Crippen LogP contribution in [0, 0.1) is 16.7 Å². The number of rotatable bonds is 6. The third-order valence-electron chi connectivity index (χ3n) is 6.26. The van der Waals surface area contributed by atoms with Gasteiger partial charge in [0.05, 0.1) is 0 Å². The first-order chi connectivity index (χ1) is 9.77. The Kier molecular flexibility index (Phi) is 4.49. The molecule has 5 heteroatoms. The van der Waals surface area contributed by atoms with Crippen molar-refractivity contribution in [3.05, 3.63) is 0 Å². The maximum absolute atomic E-state index is 12.1. The van der Waals surface area contributed by atoms with Crippen molar-refractivity contribution in [2.75, 3.05) is 6.54 Å². The Morgan fingerprint density at radius 3 is 2.48 bits per heavy atom. The van der Waals surface area contributed by atoms with Crippen LogP contribution in [-0.2, 0) is 4.79 Å². The van der Waals surface area contributed by atoms with Crippen molar-refractivity contribution in [2.45, 2.75) is 65.3 Å². The highest BCUT2D eigenvalue weighted by molar-refractivity contribution is 5.76. The molecule has 0 radical (unpaired) electrons. The number of amides is 3. The van der Waals surface area contributed by atoms with Crippen molar-refractivity contribution in [3.63, 3.8) is 0 Å². The fraction of sp³-hybridized carbons (Fsp3) is 0.875. The molecule has 120 valence electrons. The van der Waals surface area contributed by atoms with Crippen molar-refractivity contribution in [1.82, 2.24) is 10.6 Å². The number of unbranched alkanes of at least 4 members (excludes halogenated alkanes) is 1. The van der Waals surface area contributed by atoms with Crippen LogP contribution in [-0.4, -0.2) is 24.5 Å². The minimum absolute atomic E-state index is 0.142. The molecule has 0 saturated heterocycles. The molecular weight excluding hydrogens is 266 g/mol. The Balaban J connectivity index is 1.73. The Labute approximate surface area is 127 Å². The largest absolute Gasteiger partial charge is 0.353 e. The minimum Gasteiger partial charge on any atom is -0.353 e. The fourth-order valence-corrected chi connectivity index (χ4v) is 4.31. The summed E-state index contributed by atoms with van der Waals surface area (Å²) in [6.45, 7) is 7.58. The van der Waals surface area contributed by atoms with E-state index < -0.39 is 6.03 Å². The number of carbonyl (C=O) groups excluding carboxylic acids is 2. The highest BCUT2D eigenvalue weighted by Gasteiger charge is 2.61. The first kappa shape index (κ1) is 16.1. The minimum atomic E-state index is -0.503. The van der Waals surface area contributed by atoms with Gasteiger partial charge in [-0.25, -0.2) is 4.79 Å². The summed E-state index contributed by atoms with van der Waals surface area (Å²) < 4.78 is 0. The van der Waals surface area contributed by atoms with Crippen molar-refractivity contribution in [3.8, 4) is 0 Å². The van der Waals surface area contributed by atoms with Gasteiger partial charge in [0.25, 0.3) is 0 Å². The summed E-state index contributed by atoms with van der Waals surface area (Å²) in [4.78, 5) is 22.6. The maximum atomic E-state index is 12.1. The van der Waals surface area contributed by atoms with Crippen LogP contribution in [0.5, 0.6) is 0 Å². The number of carbonyl (C=O) groups is 2. The molecule has 3 amide bonds. The van der Waals surface area contributed by atoms with Crippen LogP contribution in [0.2, 0.25) is 0 Å². The van der Waals surface area contributed by atoms with Crippen molar-refractivity contribution in [2.24, 2.45) is 22.5 Å². The zero-order valence-corrected chi connectivity index (χ0v) is 13.5. The Morgan fingerprint density at radius 2 is 1.95 bits per heavy atom. The average molecular weight is 295 g/mol. The molecule has 0 heterocycles. The lowest BCUT2D eigenvalue weighted by Crippen LogP contribution is -2.46. The molecule has 2 bridgehead atoms. The van der Waals surface area contributed by atoms with E-state index in [0.717, 1.165) is 25.2 Å². The predicted octanol–water partition coefficient (Wildman–Crippen LogP) is 2.16. The zero-order valence-electron chi connectivity index (χ0n) is 13.5. The molecule has 21 heavy (non-hydrogen) atoms. The van der Waals surface area contributed by atoms with Crippen LogP contribution >= 0.6 is 0 Å². The number of primary amides is 1. The van der Waals surface area contributed by atoms with Crippen molar-refractivity contribution in [1.29, 1.82) is 0 Å². The van der Waals surface area contributed by atoms with E-state index in [-0.39, 0.29) is 11.3 Å². The van der Waals surface area contributed by atoms with E-state index in [0.29, 0.717) is 24.4 Å². The van der Waals surface area contributed by atoms with Gasteiger partial charge < -0.3 is 16.4 Å². The first-order valence-corrected chi connectivity index (χ1v) is 8.10. The molecule has 0 spiro atoms. The second kappa shape index (κ2) is 5.85. The molecule has 5 nitrogen and oxygen atoms in total. The van der Waals surface area contributed by atoms with E-state index in [2.05, 4.69) is 31.4 Å². The highest BCUT2D eigenvalue weighted by Crippen LogP contribution is 2.65. The third-order valence-corrected chi connectivity index (χ3v) is 6.26. The molecule has 0 aromatic heterocycles. The topological polar surface area (TPSA) is 84.2 Å². The Morgan fingerprint density at radius 1 is 1.24 bits per heavy atom. The van der Waals surface area contributed by atoms with Crippen LogP contribution in [0.15, 0.2) is 0 Å². The smallest absolute Gasteiger partial charge is 0.312 e. The number of hydrogen-bond donors (Lipinski definition) is 3. The summed E-state index contributed by atoms with van der Waals surface area (Å²) in [5.41, 5.74) is 5.56. The molecule has 2 aliphatic rings. The molecule has 2 fully saturated rings. The van der Waals surface area contributed by atoms with Gasteiger partial charge in [-0.2, -0.15) is 0 Å². The van der Waals surface area contributed by atoms with Gasteiger partial charge in [-0.3, -0.25) is 4.79 Å². The molecule has 3 atom stereocenters. The Hall–Kier alpha value is -1.26. The fourth-order valence-electron chi connectivity index (χ4n) is 4.31. The van der Waals surface area contributed by atoms with Crippen LogP contribution in [0.25, 0.3) is 0 Å². The van der Waals surface area contributed by atoms with E-state index in [1.165, 1.54) is 12.8 Å². The molecule has 0 aromatic rings. The summed E-state index contributed by atoms with van der Waals surface area (Å²) in [6, 6.07) is -0.181. The first-order valence-electron chi connectivity index (χ1n) is 8.10. The van der Waals surface area contributed by atoms with Crippen LogP contribution in [0.1, 0.15) is 59.3 Å². The molecule has 2 saturated carbocycles. The second-order valence-electron chi connectivity index (χ2n) is 7.48. The van der Waals surface area contributed by atoms with Gasteiger partial charge in [0.15, 0.2) is 0 Å². The standard InChI is InChI=1S/C16H29N3O2/c1-15(2)11-7-8-16(15,3)12(10-11)19-13(20)6-4-5-9-18-14(17)21/h11-12H,4-10H2,1-3H3,(H,19,20)(H3,17,18,21). The van der Waals surface area contributed by atoms with Gasteiger partial charge in [0.1, 0.15) is 0 Å². The third kappa shape index (κ3) is 3.01. The SMILES string of the molecule is CC1(C)C2CCC1(C)C(NC(=O)CCCCNC(N)=O)C2.